The lowest BCUT2D eigenvalue weighted by atomic mass is 9.96. The van der Waals surface area contributed by atoms with E-state index in [0.29, 0.717) is 12.0 Å². The molecule has 0 radical (unpaired) electrons. The van der Waals surface area contributed by atoms with Gasteiger partial charge < -0.3 is 4.57 Å². The Morgan fingerprint density at radius 1 is 1.53 bits per heavy atom. The third kappa shape index (κ3) is 3.10. The van der Waals surface area contributed by atoms with Gasteiger partial charge in [0.1, 0.15) is 11.4 Å². The first kappa shape index (κ1) is 14.4. The Kier molecular flexibility index (Phi) is 4.16. The molecule has 1 unspecified atom stereocenters. The molecule has 6 heteroatoms. The van der Waals surface area contributed by atoms with Crippen LogP contribution in [0.2, 0.25) is 0 Å². The van der Waals surface area contributed by atoms with E-state index in [1.807, 2.05) is 18.5 Å². The van der Waals surface area contributed by atoms with Crippen LogP contribution in [0.4, 0.5) is 0 Å². The highest BCUT2D eigenvalue weighted by Gasteiger charge is 2.46. The standard InChI is InChI=1S/C13H21N5S/c1-9(2)15-13(7-14,11-5-6-11)8-19-12-17-16-10(3)18(12)4/h9,11,15H,5-6,8H2,1-4H3. The molecule has 0 spiro atoms. The lowest BCUT2D eigenvalue weighted by molar-refractivity contribution is 0.370. The molecule has 0 bridgehead atoms. The van der Waals surface area contributed by atoms with Gasteiger partial charge in [-0.2, -0.15) is 5.26 Å². The maximum Gasteiger partial charge on any atom is 0.191 e. The monoisotopic (exact) mass is 279 g/mol. The molecule has 1 saturated carbocycles. The molecule has 5 nitrogen and oxygen atoms in total. The minimum atomic E-state index is -0.432. The lowest BCUT2D eigenvalue weighted by Crippen LogP contribution is -2.51. The predicted molar refractivity (Wildman–Crippen MR) is 75.8 cm³/mol. The second kappa shape index (κ2) is 5.51. The van der Waals surface area contributed by atoms with Gasteiger partial charge in [0.15, 0.2) is 5.16 Å². The van der Waals surface area contributed by atoms with Gasteiger partial charge in [-0.3, -0.25) is 5.32 Å². The second-order valence-electron chi connectivity index (χ2n) is 5.53. The van der Waals surface area contributed by atoms with E-state index in [0.717, 1.165) is 29.6 Å². The van der Waals surface area contributed by atoms with Gasteiger partial charge in [-0.05, 0) is 39.5 Å². The molecule has 104 valence electrons. The molecule has 1 aliphatic rings. The summed E-state index contributed by atoms with van der Waals surface area (Å²) in [5, 5.41) is 22.2. The Morgan fingerprint density at radius 2 is 2.21 bits per heavy atom. The molecule has 0 aromatic carbocycles. The Morgan fingerprint density at radius 3 is 2.63 bits per heavy atom. The van der Waals surface area contributed by atoms with Crippen molar-refractivity contribution in [2.24, 2.45) is 13.0 Å². The Hall–Kier alpha value is -1.06. The van der Waals surface area contributed by atoms with Gasteiger partial charge in [-0.15, -0.1) is 10.2 Å². The fraction of sp³-hybridized carbons (Fsp3) is 0.769. The van der Waals surface area contributed by atoms with Crippen LogP contribution in [0.3, 0.4) is 0 Å². The maximum absolute atomic E-state index is 9.62. The topological polar surface area (TPSA) is 66.5 Å². The van der Waals surface area contributed by atoms with Crippen molar-refractivity contribution in [2.75, 3.05) is 5.75 Å². The van der Waals surface area contributed by atoms with Crippen LogP contribution in [0.5, 0.6) is 0 Å². The summed E-state index contributed by atoms with van der Waals surface area (Å²) in [4.78, 5) is 0. The van der Waals surface area contributed by atoms with Crippen LogP contribution in [0.25, 0.3) is 0 Å². The third-order valence-electron chi connectivity index (χ3n) is 3.50. The molecule has 1 aromatic rings. The zero-order valence-electron chi connectivity index (χ0n) is 12.0. The zero-order chi connectivity index (χ0) is 14.0. The number of thioether (sulfide) groups is 1. The summed E-state index contributed by atoms with van der Waals surface area (Å²) in [7, 11) is 1.96. The fourth-order valence-electron chi connectivity index (χ4n) is 2.22. The molecule has 1 aromatic heterocycles. The normalized spacial score (nSPS) is 18.3. The molecule has 0 aliphatic heterocycles. The van der Waals surface area contributed by atoms with Crippen molar-refractivity contribution in [1.29, 1.82) is 5.26 Å². The molecule has 2 rings (SSSR count). The van der Waals surface area contributed by atoms with E-state index in [1.165, 1.54) is 0 Å². The third-order valence-corrected chi connectivity index (χ3v) is 4.71. The summed E-state index contributed by atoms with van der Waals surface area (Å²) in [6.45, 7) is 6.11. The average Bonchev–Trinajstić information content (AvgIpc) is 3.16. The first-order valence-electron chi connectivity index (χ1n) is 6.66. The van der Waals surface area contributed by atoms with E-state index in [2.05, 4.69) is 35.4 Å². The Balaban J connectivity index is 2.09. The summed E-state index contributed by atoms with van der Waals surface area (Å²) in [5.41, 5.74) is -0.432. The highest BCUT2D eigenvalue weighted by Crippen LogP contribution is 2.42. The highest BCUT2D eigenvalue weighted by atomic mass is 32.2. The first-order chi connectivity index (χ1) is 8.98. The predicted octanol–water partition coefficient (Wildman–Crippen LogP) is 1.89. The molecule has 0 saturated heterocycles. The molecule has 19 heavy (non-hydrogen) atoms. The van der Waals surface area contributed by atoms with Crippen LogP contribution in [-0.2, 0) is 7.05 Å². The van der Waals surface area contributed by atoms with Gasteiger partial charge >= 0.3 is 0 Å². The van der Waals surface area contributed by atoms with Gasteiger partial charge in [-0.25, -0.2) is 0 Å². The molecular weight excluding hydrogens is 258 g/mol. The van der Waals surface area contributed by atoms with Crippen LogP contribution < -0.4 is 5.32 Å². The number of nitrogens with zero attached hydrogens (tertiary/aromatic N) is 4. The van der Waals surface area contributed by atoms with Crippen molar-refractivity contribution in [3.8, 4) is 6.07 Å². The van der Waals surface area contributed by atoms with Crippen molar-refractivity contribution in [2.45, 2.75) is 50.4 Å². The number of aromatic nitrogens is 3. The van der Waals surface area contributed by atoms with Crippen molar-refractivity contribution < 1.29 is 0 Å². The maximum atomic E-state index is 9.62. The molecular formula is C13H21N5S. The lowest BCUT2D eigenvalue weighted by Gasteiger charge is -2.29. The summed E-state index contributed by atoms with van der Waals surface area (Å²) >= 11 is 1.61. The van der Waals surface area contributed by atoms with E-state index in [9.17, 15) is 5.26 Å². The van der Waals surface area contributed by atoms with Gasteiger partial charge in [-0.1, -0.05) is 11.8 Å². The van der Waals surface area contributed by atoms with Crippen LogP contribution in [0.1, 0.15) is 32.5 Å². The fourth-order valence-corrected chi connectivity index (χ4v) is 3.38. The van der Waals surface area contributed by atoms with Gasteiger partial charge in [0.25, 0.3) is 0 Å². The van der Waals surface area contributed by atoms with E-state index in [1.54, 1.807) is 11.8 Å². The second-order valence-corrected chi connectivity index (χ2v) is 6.48. The summed E-state index contributed by atoms with van der Waals surface area (Å²) in [6.07, 6.45) is 2.29. The minimum absolute atomic E-state index is 0.307. The molecule has 1 aliphatic carbocycles. The van der Waals surface area contributed by atoms with Crippen LogP contribution in [0.15, 0.2) is 5.16 Å². The summed E-state index contributed by atoms with van der Waals surface area (Å²) < 4.78 is 1.97. The quantitative estimate of drug-likeness (QED) is 0.805. The summed E-state index contributed by atoms with van der Waals surface area (Å²) in [6, 6.07) is 2.82. The van der Waals surface area contributed by atoms with Crippen LogP contribution in [0, 0.1) is 24.2 Å². The molecule has 1 heterocycles. The van der Waals surface area contributed by atoms with E-state index >= 15 is 0 Å². The highest BCUT2D eigenvalue weighted by molar-refractivity contribution is 7.99. The van der Waals surface area contributed by atoms with Crippen LogP contribution in [-0.4, -0.2) is 32.1 Å². The van der Waals surface area contributed by atoms with Gasteiger partial charge in [0.2, 0.25) is 0 Å². The van der Waals surface area contributed by atoms with Crippen LogP contribution >= 0.6 is 11.8 Å². The smallest absolute Gasteiger partial charge is 0.191 e. The molecule has 1 N–H and O–H groups in total. The summed E-state index contributed by atoms with van der Waals surface area (Å²) in [5.74, 6) is 2.09. The molecule has 1 atom stereocenters. The molecule has 1 fully saturated rings. The number of nitrogens with one attached hydrogen (secondary N) is 1. The van der Waals surface area contributed by atoms with Crippen molar-refractivity contribution >= 4 is 11.8 Å². The van der Waals surface area contributed by atoms with Crippen molar-refractivity contribution in [3.63, 3.8) is 0 Å². The number of rotatable bonds is 6. The number of hydrogen-bond donors (Lipinski definition) is 1. The number of hydrogen-bond acceptors (Lipinski definition) is 5. The van der Waals surface area contributed by atoms with Gasteiger partial charge in [0.05, 0.1) is 6.07 Å². The Labute approximate surface area is 118 Å². The zero-order valence-corrected chi connectivity index (χ0v) is 12.8. The minimum Gasteiger partial charge on any atom is -0.309 e. The van der Waals surface area contributed by atoms with Gasteiger partial charge in [0, 0.05) is 18.8 Å². The first-order valence-corrected chi connectivity index (χ1v) is 7.65. The van der Waals surface area contributed by atoms with E-state index in [-0.39, 0.29) is 0 Å². The number of nitriles is 1. The van der Waals surface area contributed by atoms with E-state index < -0.39 is 5.54 Å². The van der Waals surface area contributed by atoms with E-state index in [4.69, 9.17) is 0 Å². The Bertz CT molecular complexity index is 486. The van der Waals surface area contributed by atoms with Crippen molar-refractivity contribution in [3.05, 3.63) is 5.82 Å². The largest absolute Gasteiger partial charge is 0.309 e. The van der Waals surface area contributed by atoms with Crippen molar-refractivity contribution in [1.82, 2.24) is 20.1 Å². The average molecular weight is 279 g/mol. The molecule has 0 amide bonds. The SMILES string of the molecule is Cc1nnc(SCC(C#N)(NC(C)C)C2CC2)n1C. The number of aryl methyl sites for hydroxylation is 1.